The van der Waals surface area contributed by atoms with E-state index in [-0.39, 0.29) is 37.5 Å². The SMILES string of the molecule is CC/C=C\C/C=C\C/C=C\C/C=C\C/C=C\C/C=C\C/C=C\C/C=C\CCCCC(=O)OCC(COC(=O)CCCCC/C=C\C/C=C\C/C=C\CC)OC(=O)CCCCCCCCCCC/C=C\C/C=C\CCCCC. The maximum Gasteiger partial charge on any atom is 0.306 e. The second-order valence-electron chi connectivity index (χ2n) is 19.8. The molecule has 6 heteroatoms. The van der Waals surface area contributed by atoms with Gasteiger partial charge in [0.1, 0.15) is 13.2 Å². The third kappa shape index (κ3) is 61.8. The molecule has 432 valence electrons. The first-order valence-corrected chi connectivity index (χ1v) is 31.0. The molecule has 0 saturated heterocycles. The average Bonchev–Trinajstić information content (AvgIpc) is 3.43. The summed E-state index contributed by atoms with van der Waals surface area (Å²) in [6.07, 6.45) is 92.4. The monoisotopic (exact) mass is 1060 g/mol. The first-order chi connectivity index (χ1) is 38.0. The maximum absolute atomic E-state index is 12.9. The van der Waals surface area contributed by atoms with Crippen molar-refractivity contribution in [2.75, 3.05) is 13.2 Å². The molecule has 0 rings (SSSR count). The van der Waals surface area contributed by atoms with Crippen molar-refractivity contribution in [3.8, 4) is 0 Å². The summed E-state index contributed by atoms with van der Waals surface area (Å²) in [7, 11) is 0. The van der Waals surface area contributed by atoms with Crippen molar-refractivity contribution in [1.82, 2.24) is 0 Å². The molecule has 1 atom stereocenters. The molecular weight excluding hydrogens is 949 g/mol. The largest absolute Gasteiger partial charge is 0.462 e. The highest BCUT2D eigenvalue weighted by atomic mass is 16.6. The number of esters is 3. The lowest BCUT2D eigenvalue weighted by Gasteiger charge is -2.18. The highest BCUT2D eigenvalue weighted by Crippen LogP contribution is 2.14. The lowest BCUT2D eigenvalue weighted by Crippen LogP contribution is -2.30. The summed E-state index contributed by atoms with van der Waals surface area (Å²) in [5.41, 5.74) is 0. The number of allylic oxidation sites excluding steroid dienone is 26. The van der Waals surface area contributed by atoms with Crippen LogP contribution in [0.1, 0.15) is 252 Å². The van der Waals surface area contributed by atoms with Crippen LogP contribution in [0.3, 0.4) is 0 Å². The van der Waals surface area contributed by atoms with Crippen LogP contribution in [0.2, 0.25) is 0 Å². The van der Waals surface area contributed by atoms with Gasteiger partial charge in [-0.15, -0.1) is 0 Å². The Morgan fingerprint density at radius 2 is 0.506 bits per heavy atom. The summed E-state index contributed by atoms with van der Waals surface area (Å²) in [4.78, 5) is 38.2. The minimum Gasteiger partial charge on any atom is -0.462 e. The molecule has 0 aliphatic heterocycles. The second kappa shape index (κ2) is 63.6. The quantitative estimate of drug-likeness (QED) is 0.0261. The third-order valence-corrected chi connectivity index (χ3v) is 12.5. The van der Waals surface area contributed by atoms with Gasteiger partial charge in [-0.3, -0.25) is 14.4 Å². The Balaban J connectivity index is 4.48. The van der Waals surface area contributed by atoms with E-state index in [4.69, 9.17) is 14.2 Å². The highest BCUT2D eigenvalue weighted by molar-refractivity contribution is 5.71. The average molecular weight is 1060 g/mol. The summed E-state index contributed by atoms with van der Waals surface area (Å²) < 4.78 is 16.8. The van der Waals surface area contributed by atoms with Crippen LogP contribution in [0.5, 0.6) is 0 Å². The fraction of sp³-hybridized carbons (Fsp3) is 0.592. The van der Waals surface area contributed by atoms with Crippen LogP contribution in [0.4, 0.5) is 0 Å². The highest BCUT2D eigenvalue weighted by Gasteiger charge is 2.19. The van der Waals surface area contributed by atoms with E-state index < -0.39 is 6.10 Å². The Hall–Kier alpha value is -4.97. The molecule has 0 aliphatic carbocycles. The summed E-state index contributed by atoms with van der Waals surface area (Å²) in [6.45, 7) is 6.31. The van der Waals surface area contributed by atoms with Gasteiger partial charge in [0.15, 0.2) is 6.10 Å². The molecule has 0 amide bonds. The zero-order valence-electron chi connectivity index (χ0n) is 49.4. The van der Waals surface area contributed by atoms with E-state index in [1.165, 1.54) is 70.6 Å². The molecule has 0 aromatic carbocycles. The molecule has 0 aromatic rings. The van der Waals surface area contributed by atoms with Gasteiger partial charge in [-0.2, -0.15) is 0 Å². The zero-order chi connectivity index (χ0) is 55.7. The maximum atomic E-state index is 12.9. The molecule has 0 spiro atoms. The van der Waals surface area contributed by atoms with Crippen LogP contribution in [0.15, 0.2) is 158 Å². The van der Waals surface area contributed by atoms with Gasteiger partial charge >= 0.3 is 17.9 Å². The summed E-state index contributed by atoms with van der Waals surface area (Å²) >= 11 is 0. The third-order valence-electron chi connectivity index (χ3n) is 12.5. The fourth-order valence-electron chi connectivity index (χ4n) is 7.91. The molecule has 0 fully saturated rings. The van der Waals surface area contributed by atoms with Gasteiger partial charge in [0.05, 0.1) is 0 Å². The van der Waals surface area contributed by atoms with Gasteiger partial charge in [0.25, 0.3) is 0 Å². The molecule has 0 saturated carbocycles. The minimum absolute atomic E-state index is 0.115. The van der Waals surface area contributed by atoms with Gasteiger partial charge in [0, 0.05) is 19.3 Å². The van der Waals surface area contributed by atoms with Crippen molar-refractivity contribution < 1.29 is 28.6 Å². The van der Waals surface area contributed by atoms with Crippen LogP contribution in [0.25, 0.3) is 0 Å². The Morgan fingerprint density at radius 1 is 0.273 bits per heavy atom. The first kappa shape index (κ1) is 72.0. The van der Waals surface area contributed by atoms with E-state index in [2.05, 4.69) is 179 Å². The Bertz CT molecular complexity index is 1740. The van der Waals surface area contributed by atoms with Crippen molar-refractivity contribution in [2.24, 2.45) is 0 Å². The molecule has 0 aromatic heterocycles. The molecule has 0 heterocycles. The number of hydrogen-bond acceptors (Lipinski definition) is 6. The van der Waals surface area contributed by atoms with E-state index in [0.29, 0.717) is 19.3 Å². The Kier molecular flexibility index (Phi) is 59.5. The van der Waals surface area contributed by atoms with Crippen LogP contribution in [-0.4, -0.2) is 37.2 Å². The smallest absolute Gasteiger partial charge is 0.306 e. The van der Waals surface area contributed by atoms with E-state index in [1.54, 1.807) is 0 Å². The number of unbranched alkanes of at least 4 members (excludes halogenated alkanes) is 17. The van der Waals surface area contributed by atoms with Gasteiger partial charge in [-0.1, -0.05) is 243 Å². The van der Waals surface area contributed by atoms with Crippen molar-refractivity contribution in [3.63, 3.8) is 0 Å². The van der Waals surface area contributed by atoms with Crippen molar-refractivity contribution in [1.29, 1.82) is 0 Å². The van der Waals surface area contributed by atoms with Gasteiger partial charge in [-0.25, -0.2) is 0 Å². The lowest BCUT2D eigenvalue weighted by atomic mass is 10.1. The minimum atomic E-state index is -0.819. The number of ether oxygens (including phenoxy) is 3. The fourth-order valence-corrected chi connectivity index (χ4v) is 7.91. The zero-order valence-corrected chi connectivity index (χ0v) is 49.4. The lowest BCUT2D eigenvalue weighted by molar-refractivity contribution is -0.167. The Labute approximate surface area is 473 Å². The van der Waals surface area contributed by atoms with Crippen LogP contribution in [-0.2, 0) is 28.6 Å². The molecule has 0 N–H and O–H groups in total. The van der Waals surface area contributed by atoms with Gasteiger partial charge in [0.2, 0.25) is 0 Å². The van der Waals surface area contributed by atoms with E-state index >= 15 is 0 Å². The second-order valence-corrected chi connectivity index (χ2v) is 19.8. The topological polar surface area (TPSA) is 78.9 Å². The number of rotatable bonds is 54. The Morgan fingerprint density at radius 3 is 0.831 bits per heavy atom. The van der Waals surface area contributed by atoms with E-state index in [0.717, 1.165) is 135 Å². The van der Waals surface area contributed by atoms with Gasteiger partial charge in [-0.05, 0) is 148 Å². The number of hydrogen-bond donors (Lipinski definition) is 0. The molecule has 0 bridgehead atoms. The van der Waals surface area contributed by atoms with Crippen LogP contribution in [0, 0.1) is 0 Å². The van der Waals surface area contributed by atoms with Crippen LogP contribution < -0.4 is 0 Å². The predicted molar refractivity (Wildman–Crippen MR) is 334 cm³/mol. The molecule has 77 heavy (non-hydrogen) atoms. The van der Waals surface area contributed by atoms with E-state index in [1.807, 2.05) is 0 Å². The first-order valence-electron chi connectivity index (χ1n) is 31.0. The van der Waals surface area contributed by atoms with Crippen LogP contribution >= 0.6 is 0 Å². The summed E-state index contributed by atoms with van der Waals surface area (Å²) in [5, 5.41) is 0. The number of carbonyl (C=O) groups is 3. The predicted octanol–water partition coefficient (Wildman–Crippen LogP) is 21.3. The van der Waals surface area contributed by atoms with Gasteiger partial charge < -0.3 is 14.2 Å². The molecule has 6 nitrogen and oxygen atoms in total. The normalized spacial score (nSPS) is 13.2. The standard InChI is InChI=1S/C71H112O6/c1-4-7-10-13-16-19-22-25-27-29-31-32-33-34-35-36-37-38-40-41-43-46-49-52-55-58-61-64-70(73)76-67-68(66-75-69(72)63-60-57-54-51-48-45-24-21-18-15-12-9-6-3)77-71(74)65-62-59-56-53-50-47-44-42-39-30-28-26-23-20-17-14-11-8-5-2/h7,9-10,12,16-21,25-28,31-32,34-35,37-38,41,43,45,48-49,52,68H,4-6,8,11,13-15,22-24,29-30,33,36,39-40,42,44,46-47,50-51,53-67H2,1-3H3/b10-7-,12-9-,19-16-,20-17-,21-18-,27-25-,28-26-,32-31-,35-34-,38-37-,43-41-,48-45-,52-49-. The molecule has 0 aliphatic rings. The number of carbonyl (C=O) groups excluding carboxylic acids is 3. The molecule has 0 radical (unpaired) electrons. The van der Waals surface area contributed by atoms with Crippen molar-refractivity contribution in [3.05, 3.63) is 158 Å². The van der Waals surface area contributed by atoms with E-state index in [9.17, 15) is 14.4 Å². The van der Waals surface area contributed by atoms with Crippen molar-refractivity contribution in [2.45, 2.75) is 258 Å². The van der Waals surface area contributed by atoms with Crippen molar-refractivity contribution >= 4 is 17.9 Å². The molecular formula is C71H112O6. The summed E-state index contributed by atoms with van der Waals surface area (Å²) in [6, 6.07) is 0. The summed E-state index contributed by atoms with van der Waals surface area (Å²) in [5.74, 6) is -0.996. The molecule has 1 unspecified atom stereocenters.